The van der Waals surface area contributed by atoms with E-state index in [0.717, 1.165) is 26.1 Å². The van der Waals surface area contributed by atoms with Gasteiger partial charge in [-0.2, -0.15) is 0 Å². The Bertz CT molecular complexity index is 177. The van der Waals surface area contributed by atoms with Crippen LogP contribution in [0.3, 0.4) is 0 Å². The van der Waals surface area contributed by atoms with Gasteiger partial charge in [-0.1, -0.05) is 0 Å². The van der Waals surface area contributed by atoms with E-state index in [1.807, 2.05) is 11.9 Å². The van der Waals surface area contributed by atoms with Crippen molar-refractivity contribution in [3.63, 3.8) is 0 Å². The van der Waals surface area contributed by atoms with E-state index in [4.69, 9.17) is 0 Å². The van der Waals surface area contributed by atoms with Crippen LogP contribution in [-0.4, -0.2) is 48.4 Å². The first kappa shape index (κ1) is 7.10. The molecule has 3 heteroatoms. The average molecular weight is 153 g/mol. The molecule has 1 radical (unpaired) electrons. The second-order valence-electron chi connectivity index (χ2n) is 3.32. The van der Waals surface area contributed by atoms with Crippen molar-refractivity contribution in [2.45, 2.75) is 12.5 Å². The van der Waals surface area contributed by atoms with Gasteiger partial charge in [0.15, 0.2) is 0 Å². The highest BCUT2D eigenvalue weighted by Crippen LogP contribution is 2.19. The van der Waals surface area contributed by atoms with Gasteiger partial charge in [-0.25, -0.2) is 0 Å². The number of hydrogen-bond donors (Lipinski definition) is 0. The van der Waals surface area contributed by atoms with E-state index < -0.39 is 0 Å². The van der Waals surface area contributed by atoms with E-state index in [0.29, 0.717) is 5.91 Å². The Hall–Kier alpha value is -0.570. The van der Waals surface area contributed by atoms with Crippen LogP contribution in [0.15, 0.2) is 0 Å². The van der Waals surface area contributed by atoms with Gasteiger partial charge in [0.1, 0.15) is 0 Å². The van der Waals surface area contributed by atoms with E-state index in [1.54, 1.807) is 0 Å². The summed E-state index contributed by atoms with van der Waals surface area (Å²) in [5.41, 5.74) is 0. The molecule has 2 rings (SSSR count). The third-order valence-corrected chi connectivity index (χ3v) is 2.58. The molecule has 1 atom stereocenters. The number of likely N-dealkylation sites (N-methyl/N-ethyl adjacent to an activating group) is 1. The van der Waals surface area contributed by atoms with Gasteiger partial charge < -0.3 is 4.90 Å². The summed E-state index contributed by atoms with van der Waals surface area (Å²) in [7, 11) is 2.01. The summed E-state index contributed by atoms with van der Waals surface area (Å²) in [6.07, 6.45) is 3.17. The minimum absolute atomic E-state index is 0.198. The third kappa shape index (κ3) is 1.03. The lowest BCUT2D eigenvalue weighted by molar-refractivity contribution is -0.142. The summed E-state index contributed by atoms with van der Waals surface area (Å²) in [5.74, 6) is 0.321. The normalized spacial score (nSPS) is 31.0. The Morgan fingerprint density at radius 3 is 2.55 bits per heavy atom. The highest BCUT2D eigenvalue weighted by Gasteiger charge is 2.35. The maximum atomic E-state index is 11.5. The van der Waals surface area contributed by atoms with Crippen molar-refractivity contribution in [3.8, 4) is 0 Å². The van der Waals surface area contributed by atoms with Crippen LogP contribution in [0.1, 0.15) is 6.42 Å². The average Bonchev–Trinajstić information content (AvgIpc) is 1.80. The highest BCUT2D eigenvalue weighted by molar-refractivity contribution is 5.83. The highest BCUT2D eigenvalue weighted by atomic mass is 16.2. The number of likely N-dealkylation sites (tertiary alicyclic amines) is 2. The lowest BCUT2D eigenvalue weighted by atomic mass is 10.0. The van der Waals surface area contributed by atoms with Crippen molar-refractivity contribution in [2.24, 2.45) is 0 Å². The number of amides is 1. The van der Waals surface area contributed by atoms with Gasteiger partial charge in [0.25, 0.3) is 0 Å². The van der Waals surface area contributed by atoms with E-state index in [2.05, 4.69) is 11.3 Å². The van der Waals surface area contributed by atoms with Crippen LogP contribution >= 0.6 is 0 Å². The molecule has 0 saturated carbocycles. The van der Waals surface area contributed by atoms with Gasteiger partial charge in [-0.05, 0) is 13.5 Å². The second kappa shape index (κ2) is 2.48. The van der Waals surface area contributed by atoms with Gasteiger partial charge in [0.05, 0.1) is 6.04 Å². The van der Waals surface area contributed by atoms with Gasteiger partial charge in [-0.15, -0.1) is 0 Å². The predicted octanol–water partition coefficient (Wildman–Crippen LogP) is -0.263. The summed E-state index contributed by atoms with van der Waals surface area (Å²) in [6, 6.07) is 0.198. The molecule has 0 aromatic rings. The van der Waals surface area contributed by atoms with Gasteiger partial charge >= 0.3 is 0 Å². The Labute approximate surface area is 67.0 Å². The number of carbonyl (C=O) groups excluding carboxylic acids is 1. The molecular formula is C8H13N2O. The zero-order valence-electron chi connectivity index (χ0n) is 6.79. The standard InChI is InChI=1S/C8H13N2O/c1-9-6-3-7(9)8(11)10-4-2-5-10/h2,7H,3-6H2,1H3. The molecule has 61 valence electrons. The van der Waals surface area contributed by atoms with Crippen molar-refractivity contribution >= 4 is 5.91 Å². The first-order chi connectivity index (χ1) is 5.29. The van der Waals surface area contributed by atoms with E-state index in [1.165, 1.54) is 0 Å². The van der Waals surface area contributed by atoms with Crippen molar-refractivity contribution in [1.82, 2.24) is 9.80 Å². The Kier molecular flexibility index (Phi) is 1.60. The van der Waals surface area contributed by atoms with Crippen molar-refractivity contribution in [3.05, 3.63) is 6.42 Å². The fourth-order valence-electron chi connectivity index (χ4n) is 1.48. The monoisotopic (exact) mass is 153 g/mol. The number of nitrogens with zero attached hydrogens (tertiary/aromatic N) is 2. The Morgan fingerprint density at radius 1 is 1.55 bits per heavy atom. The van der Waals surface area contributed by atoms with Gasteiger partial charge in [0.2, 0.25) is 5.91 Å². The lowest BCUT2D eigenvalue weighted by Gasteiger charge is -2.42. The molecule has 2 aliphatic rings. The van der Waals surface area contributed by atoms with Crippen LogP contribution in [0.2, 0.25) is 0 Å². The molecule has 0 aliphatic carbocycles. The quantitative estimate of drug-likeness (QED) is 0.518. The fourth-order valence-corrected chi connectivity index (χ4v) is 1.48. The molecule has 0 aromatic carbocycles. The molecular weight excluding hydrogens is 140 g/mol. The van der Waals surface area contributed by atoms with Gasteiger partial charge in [-0.3, -0.25) is 9.69 Å². The summed E-state index contributed by atoms with van der Waals surface area (Å²) >= 11 is 0. The lowest BCUT2D eigenvalue weighted by Crippen LogP contribution is -2.58. The van der Waals surface area contributed by atoms with Crippen LogP contribution in [-0.2, 0) is 4.79 Å². The molecule has 3 nitrogen and oxygen atoms in total. The number of hydrogen-bond acceptors (Lipinski definition) is 2. The molecule has 2 saturated heterocycles. The molecule has 0 N–H and O–H groups in total. The molecule has 1 unspecified atom stereocenters. The van der Waals surface area contributed by atoms with Crippen molar-refractivity contribution in [2.75, 3.05) is 26.7 Å². The molecule has 2 aliphatic heterocycles. The third-order valence-electron chi connectivity index (χ3n) is 2.58. The van der Waals surface area contributed by atoms with Crippen LogP contribution in [0.5, 0.6) is 0 Å². The zero-order valence-corrected chi connectivity index (χ0v) is 6.79. The van der Waals surface area contributed by atoms with E-state index in [9.17, 15) is 4.79 Å². The summed E-state index contributed by atoms with van der Waals surface area (Å²) in [4.78, 5) is 15.5. The Morgan fingerprint density at radius 2 is 2.27 bits per heavy atom. The molecule has 11 heavy (non-hydrogen) atoms. The van der Waals surface area contributed by atoms with Crippen LogP contribution in [0, 0.1) is 6.42 Å². The number of carbonyl (C=O) groups is 1. The molecule has 2 heterocycles. The van der Waals surface area contributed by atoms with E-state index in [-0.39, 0.29) is 6.04 Å². The smallest absolute Gasteiger partial charge is 0.239 e. The molecule has 0 aromatic heterocycles. The van der Waals surface area contributed by atoms with Crippen LogP contribution < -0.4 is 0 Å². The second-order valence-corrected chi connectivity index (χ2v) is 3.32. The SMILES string of the molecule is CN1CCC1C(=O)N1C[CH]C1. The molecule has 0 spiro atoms. The maximum absolute atomic E-state index is 11.5. The summed E-state index contributed by atoms with van der Waals surface area (Å²) < 4.78 is 0. The minimum Gasteiger partial charge on any atom is -0.341 e. The van der Waals surface area contributed by atoms with Crippen LogP contribution in [0.4, 0.5) is 0 Å². The first-order valence-electron chi connectivity index (χ1n) is 4.10. The zero-order chi connectivity index (χ0) is 7.84. The fraction of sp³-hybridized carbons (Fsp3) is 0.750. The number of rotatable bonds is 1. The predicted molar refractivity (Wildman–Crippen MR) is 41.9 cm³/mol. The first-order valence-corrected chi connectivity index (χ1v) is 4.10. The van der Waals surface area contributed by atoms with Crippen LogP contribution in [0.25, 0.3) is 0 Å². The molecule has 1 amide bonds. The Balaban J connectivity index is 1.88. The van der Waals surface area contributed by atoms with Gasteiger partial charge in [0, 0.05) is 26.1 Å². The van der Waals surface area contributed by atoms with Crippen molar-refractivity contribution < 1.29 is 4.79 Å². The minimum atomic E-state index is 0.198. The molecule has 0 bridgehead atoms. The summed E-state index contributed by atoms with van der Waals surface area (Å²) in [6.45, 7) is 2.81. The maximum Gasteiger partial charge on any atom is 0.239 e. The largest absolute Gasteiger partial charge is 0.341 e. The van der Waals surface area contributed by atoms with E-state index >= 15 is 0 Å². The molecule has 2 fully saturated rings. The topological polar surface area (TPSA) is 23.6 Å². The van der Waals surface area contributed by atoms with Crippen molar-refractivity contribution in [1.29, 1.82) is 0 Å². The summed E-state index contributed by atoms with van der Waals surface area (Å²) in [5, 5.41) is 0.